The van der Waals surface area contributed by atoms with Crippen molar-refractivity contribution in [2.24, 2.45) is 5.92 Å². The summed E-state index contributed by atoms with van der Waals surface area (Å²) in [5.41, 5.74) is 0. The minimum absolute atomic E-state index is 0.000000000000000444. The monoisotopic (exact) mass is 144 g/mol. The number of thioether (sulfide) groups is 1. The van der Waals surface area contributed by atoms with Crippen LogP contribution in [0.1, 0.15) is 0 Å². The second-order valence-electron chi connectivity index (χ2n) is 1.79. The second-order valence-corrected chi connectivity index (χ2v) is 2.73. The fourth-order valence-electron chi connectivity index (χ4n) is 0.663. The Morgan fingerprint density at radius 1 is 1.89 bits per heavy atom. The third-order valence-electron chi connectivity index (χ3n) is 1.19. The zero-order valence-corrected chi connectivity index (χ0v) is 5.98. The van der Waals surface area contributed by atoms with Crippen molar-refractivity contribution in [3.05, 3.63) is 11.5 Å². The normalized spacial score (nSPS) is 24.3. The maximum atomic E-state index is 10.7. The summed E-state index contributed by atoms with van der Waals surface area (Å²) in [6, 6.07) is 0. The van der Waals surface area contributed by atoms with Crippen LogP contribution in [0.4, 0.5) is 0 Å². The smallest absolute Gasteiger partial charge is 0.313 e. The van der Waals surface area contributed by atoms with Crippen LogP contribution in [0.3, 0.4) is 0 Å². The van der Waals surface area contributed by atoms with Gasteiger partial charge in [0.15, 0.2) is 0 Å². The molecule has 1 atom stereocenters. The molecule has 0 aromatic rings. The molecule has 0 bridgehead atoms. The van der Waals surface area contributed by atoms with Gasteiger partial charge in [-0.3, -0.25) is 4.79 Å². The van der Waals surface area contributed by atoms with Crippen LogP contribution in [-0.4, -0.2) is 18.8 Å². The molecule has 9 heavy (non-hydrogen) atoms. The molecular formula is C6H8O2S. The van der Waals surface area contributed by atoms with E-state index in [-0.39, 0.29) is 11.9 Å². The number of hydrogen-bond acceptors (Lipinski definition) is 3. The summed E-state index contributed by atoms with van der Waals surface area (Å²) in [5.74, 6) is 0.711. The lowest BCUT2D eigenvalue weighted by Gasteiger charge is -2.01. The summed E-state index contributed by atoms with van der Waals surface area (Å²) >= 11 is 1.64. The van der Waals surface area contributed by atoms with Gasteiger partial charge in [0.25, 0.3) is 0 Å². The van der Waals surface area contributed by atoms with Crippen LogP contribution >= 0.6 is 11.8 Å². The molecule has 1 heterocycles. The summed E-state index contributed by atoms with van der Waals surface area (Å²) < 4.78 is 4.53. The summed E-state index contributed by atoms with van der Waals surface area (Å²) in [4.78, 5) is 10.7. The molecule has 0 saturated carbocycles. The SMILES string of the molecule is COC(=O)C1C=CSC1. The average molecular weight is 144 g/mol. The topological polar surface area (TPSA) is 26.3 Å². The molecule has 0 N–H and O–H groups in total. The van der Waals surface area contributed by atoms with Gasteiger partial charge in [-0.05, 0) is 5.41 Å². The fraction of sp³-hybridized carbons (Fsp3) is 0.500. The zero-order valence-electron chi connectivity index (χ0n) is 5.16. The first kappa shape index (κ1) is 6.68. The standard InChI is InChI=1S/C6H8O2S/c1-8-6(7)5-2-3-9-4-5/h2-3,5H,4H2,1H3. The molecule has 3 heteroatoms. The summed E-state index contributed by atoms with van der Waals surface area (Å²) in [5, 5.41) is 1.93. The van der Waals surface area contributed by atoms with Crippen molar-refractivity contribution in [3.63, 3.8) is 0 Å². The lowest BCUT2D eigenvalue weighted by molar-refractivity contribution is -0.142. The number of rotatable bonds is 1. The van der Waals surface area contributed by atoms with E-state index in [0.29, 0.717) is 0 Å². The van der Waals surface area contributed by atoms with Gasteiger partial charge in [-0.25, -0.2) is 0 Å². The molecule has 0 aromatic heterocycles. The van der Waals surface area contributed by atoms with E-state index in [1.54, 1.807) is 11.8 Å². The Morgan fingerprint density at radius 3 is 3.11 bits per heavy atom. The van der Waals surface area contributed by atoms with Gasteiger partial charge in [-0.1, -0.05) is 6.08 Å². The van der Waals surface area contributed by atoms with Crippen LogP contribution in [0.25, 0.3) is 0 Å². The zero-order chi connectivity index (χ0) is 6.69. The van der Waals surface area contributed by atoms with E-state index in [4.69, 9.17) is 0 Å². The quantitative estimate of drug-likeness (QED) is 0.514. The highest BCUT2D eigenvalue weighted by Crippen LogP contribution is 2.20. The molecule has 2 nitrogen and oxygen atoms in total. The Hall–Kier alpha value is -0.440. The minimum Gasteiger partial charge on any atom is -0.469 e. The van der Waals surface area contributed by atoms with Crippen molar-refractivity contribution in [2.75, 3.05) is 12.9 Å². The molecule has 1 aliphatic heterocycles. The van der Waals surface area contributed by atoms with Gasteiger partial charge < -0.3 is 4.74 Å². The van der Waals surface area contributed by atoms with Crippen molar-refractivity contribution >= 4 is 17.7 Å². The molecule has 1 unspecified atom stereocenters. The van der Waals surface area contributed by atoms with E-state index in [2.05, 4.69) is 4.74 Å². The van der Waals surface area contributed by atoms with Gasteiger partial charge in [-0.15, -0.1) is 11.8 Å². The van der Waals surface area contributed by atoms with Gasteiger partial charge >= 0.3 is 5.97 Å². The van der Waals surface area contributed by atoms with Crippen molar-refractivity contribution < 1.29 is 9.53 Å². The number of methoxy groups -OCH3 is 1. The van der Waals surface area contributed by atoms with Crippen LogP contribution in [-0.2, 0) is 9.53 Å². The Morgan fingerprint density at radius 2 is 2.67 bits per heavy atom. The lowest BCUT2D eigenvalue weighted by atomic mass is 10.2. The lowest BCUT2D eigenvalue weighted by Crippen LogP contribution is -2.13. The van der Waals surface area contributed by atoms with Crippen LogP contribution in [0.5, 0.6) is 0 Å². The van der Waals surface area contributed by atoms with Gasteiger partial charge in [0.1, 0.15) is 0 Å². The highest BCUT2D eigenvalue weighted by atomic mass is 32.2. The summed E-state index contributed by atoms with van der Waals surface area (Å²) in [6.07, 6.45) is 1.87. The highest BCUT2D eigenvalue weighted by molar-refractivity contribution is 8.02. The number of carbonyl (C=O) groups excluding carboxylic acids is 1. The van der Waals surface area contributed by atoms with Crippen molar-refractivity contribution in [1.29, 1.82) is 0 Å². The van der Waals surface area contributed by atoms with E-state index < -0.39 is 0 Å². The highest BCUT2D eigenvalue weighted by Gasteiger charge is 2.18. The van der Waals surface area contributed by atoms with Gasteiger partial charge in [0, 0.05) is 5.75 Å². The Balaban J connectivity index is 2.43. The van der Waals surface area contributed by atoms with Gasteiger partial charge in [0.05, 0.1) is 13.0 Å². The van der Waals surface area contributed by atoms with Crippen molar-refractivity contribution in [3.8, 4) is 0 Å². The van der Waals surface area contributed by atoms with Crippen LogP contribution in [0.15, 0.2) is 11.5 Å². The average Bonchev–Trinajstić information content (AvgIpc) is 2.37. The molecular weight excluding hydrogens is 136 g/mol. The van der Waals surface area contributed by atoms with E-state index in [9.17, 15) is 4.79 Å². The summed E-state index contributed by atoms with van der Waals surface area (Å²) in [7, 11) is 1.42. The first-order chi connectivity index (χ1) is 4.34. The maximum Gasteiger partial charge on any atom is 0.313 e. The van der Waals surface area contributed by atoms with Crippen LogP contribution in [0.2, 0.25) is 0 Å². The predicted molar refractivity (Wildman–Crippen MR) is 37.1 cm³/mol. The Labute approximate surface area is 58.3 Å². The first-order valence-electron chi connectivity index (χ1n) is 2.70. The molecule has 1 aliphatic rings. The van der Waals surface area contributed by atoms with Crippen LogP contribution in [0, 0.1) is 5.92 Å². The molecule has 0 aromatic carbocycles. The molecule has 0 aliphatic carbocycles. The molecule has 0 spiro atoms. The van der Waals surface area contributed by atoms with E-state index in [0.717, 1.165) is 5.75 Å². The van der Waals surface area contributed by atoms with E-state index >= 15 is 0 Å². The third-order valence-corrected chi connectivity index (χ3v) is 2.09. The predicted octanol–water partition coefficient (Wildman–Crippen LogP) is 1.04. The van der Waals surface area contributed by atoms with E-state index in [1.807, 2.05) is 11.5 Å². The molecule has 0 fully saturated rings. The number of esters is 1. The third kappa shape index (κ3) is 1.48. The molecule has 1 rings (SSSR count). The summed E-state index contributed by atoms with van der Waals surface area (Å²) in [6.45, 7) is 0. The fourth-order valence-corrected chi connectivity index (χ4v) is 1.53. The number of ether oxygens (including phenoxy) is 1. The van der Waals surface area contributed by atoms with Crippen LogP contribution < -0.4 is 0 Å². The largest absolute Gasteiger partial charge is 0.469 e. The first-order valence-corrected chi connectivity index (χ1v) is 3.75. The molecule has 50 valence electrons. The minimum atomic E-state index is -0.128. The van der Waals surface area contributed by atoms with E-state index in [1.165, 1.54) is 7.11 Å². The van der Waals surface area contributed by atoms with Gasteiger partial charge in [-0.2, -0.15) is 0 Å². The molecule has 0 saturated heterocycles. The molecule has 0 amide bonds. The maximum absolute atomic E-state index is 10.7. The Kier molecular flexibility index (Phi) is 2.16. The number of carbonyl (C=O) groups is 1. The van der Waals surface area contributed by atoms with Crippen molar-refractivity contribution in [1.82, 2.24) is 0 Å². The molecule has 0 radical (unpaired) electrons. The Bertz CT molecular complexity index is 142. The number of hydrogen-bond donors (Lipinski definition) is 0. The van der Waals surface area contributed by atoms with Gasteiger partial charge in [0.2, 0.25) is 0 Å². The second kappa shape index (κ2) is 2.92. The van der Waals surface area contributed by atoms with Crippen molar-refractivity contribution in [2.45, 2.75) is 0 Å².